The highest BCUT2D eigenvalue weighted by molar-refractivity contribution is 5.75. The monoisotopic (exact) mass is 332 g/mol. The first-order valence-corrected chi connectivity index (χ1v) is 10.3. The molecule has 0 bridgehead atoms. The van der Waals surface area contributed by atoms with Crippen LogP contribution in [0, 0.1) is 28.6 Å². The molecule has 2 fully saturated rings. The molecule has 2 rings (SSSR count). The van der Waals surface area contributed by atoms with Gasteiger partial charge >= 0.3 is 0 Å². The fourth-order valence-electron chi connectivity index (χ4n) is 6.23. The summed E-state index contributed by atoms with van der Waals surface area (Å²) in [6, 6.07) is 0. The summed E-state index contributed by atoms with van der Waals surface area (Å²) < 4.78 is 0. The van der Waals surface area contributed by atoms with Crippen LogP contribution in [0.4, 0.5) is 0 Å². The molecular weight excluding hydrogens is 292 g/mol. The molecule has 0 aromatic heterocycles. The minimum atomic E-state index is 0.305. The lowest BCUT2D eigenvalue weighted by atomic mass is 9.46. The van der Waals surface area contributed by atoms with Crippen molar-refractivity contribution in [2.45, 2.75) is 99.3 Å². The Morgan fingerprint density at radius 2 is 1.79 bits per heavy atom. The van der Waals surface area contributed by atoms with Crippen molar-refractivity contribution in [3.63, 3.8) is 0 Å². The third-order valence-corrected chi connectivity index (χ3v) is 7.56. The van der Waals surface area contributed by atoms with Crippen molar-refractivity contribution in [3.8, 4) is 0 Å². The Hall–Kier alpha value is -0.590. The van der Waals surface area contributed by atoms with Crippen molar-refractivity contribution in [1.29, 1.82) is 0 Å². The summed E-state index contributed by atoms with van der Waals surface area (Å²) in [7, 11) is 0. The van der Waals surface area contributed by atoms with Crippen LogP contribution >= 0.6 is 0 Å². The van der Waals surface area contributed by atoms with Crippen LogP contribution in [-0.4, -0.2) is 5.78 Å². The molecule has 0 radical (unpaired) electrons. The van der Waals surface area contributed by atoms with Crippen molar-refractivity contribution in [3.05, 3.63) is 11.6 Å². The van der Waals surface area contributed by atoms with Gasteiger partial charge in [-0.2, -0.15) is 0 Å². The molecule has 0 aromatic carbocycles. The van der Waals surface area contributed by atoms with Crippen LogP contribution in [0.1, 0.15) is 99.3 Å². The topological polar surface area (TPSA) is 17.1 Å². The number of ketones is 1. The maximum absolute atomic E-state index is 11.1. The smallest absolute Gasteiger partial charge is 0.130 e. The molecule has 1 heteroatoms. The van der Waals surface area contributed by atoms with Gasteiger partial charge in [0.1, 0.15) is 5.78 Å². The van der Waals surface area contributed by atoms with E-state index in [0.29, 0.717) is 23.0 Å². The molecule has 2 aliphatic carbocycles. The molecule has 4 atom stereocenters. The lowest BCUT2D eigenvalue weighted by Crippen LogP contribution is -2.51. The number of fused-ring (bicyclic) bond motifs is 1. The minimum Gasteiger partial charge on any atom is -0.300 e. The predicted octanol–water partition coefficient (Wildman–Crippen LogP) is 6.96. The van der Waals surface area contributed by atoms with Gasteiger partial charge in [0.05, 0.1) is 0 Å². The molecule has 0 aliphatic heterocycles. The number of hydrogen-bond donors (Lipinski definition) is 0. The van der Waals surface area contributed by atoms with E-state index in [0.717, 1.165) is 24.2 Å². The van der Waals surface area contributed by atoms with E-state index in [1.54, 1.807) is 6.92 Å². The molecule has 0 unspecified atom stereocenters. The summed E-state index contributed by atoms with van der Waals surface area (Å²) in [5.41, 5.74) is 2.56. The van der Waals surface area contributed by atoms with Gasteiger partial charge in [0.2, 0.25) is 0 Å². The summed E-state index contributed by atoms with van der Waals surface area (Å²) in [4.78, 5) is 11.1. The highest BCUT2D eigenvalue weighted by Gasteiger charge is 2.53. The molecular formula is C23H40O. The van der Waals surface area contributed by atoms with Gasteiger partial charge in [-0.05, 0) is 81.0 Å². The fraction of sp³-hybridized carbons (Fsp3) is 0.870. The largest absolute Gasteiger partial charge is 0.300 e. The molecule has 24 heavy (non-hydrogen) atoms. The molecule has 2 aliphatic rings. The van der Waals surface area contributed by atoms with Crippen molar-refractivity contribution in [2.24, 2.45) is 28.6 Å². The Morgan fingerprint density at radius 1 is 1.08 bits per heavy atom. The van der Waals surface area contributed by atoms with Crippen LogP contribution in [0.15, 0.2) is 11.6 Å². The summed E-state index contributed by atoms with van der Waals surface area (Å²) in [6.45, 7) is 14.1. The predicted molar refractivity (Wildman–Crippen MR) is 104 cm³/mol. The Kier molecular flexibility index (Phi) is 6.37. The first-order chi connectivity index (χ1) is 11.2. The molecule has 0 amide bonds. The second-order valence-electron chi connectivity index (χ2n) is 9.89. The highest BCUT2D eigenvalue weighted by atomic mass is 16.1. The third-order valence-electron chi connectivity index (χ3n) is 7.56. The standard InChI is InChI=1S/C23H40O/c1-17(9-7-10-19(3)24)11-13-20-18(2)12-14-21-22(4,5)15-8-16-23(20,21)6/h9,18,20-21H,7-8,10-16H2,1-6H3/b17-9-/t18-,20-,21-,23+/m1/s1. The number of allylic oxidation sites excluding steroid dienone is 2. The molecule has 0 spiro atoms. The zero-order chi connectivity index (χ0) is 18.0. The summed E-state index contributed by atoms with van der Waals surface area (Å²) >= 11 is 0. The Labute approximate surface area is 150 Å². The van der Waals surface area contributed by atoms with Crippen molar-refractivity contribution >= 4 is 5.78 Å². The third kappa shape index (κ3) is 4.33. The van der Waals surface area contributed by atoms with Crippen LogP contribution in [0.25, 0.3) is 0 Å². The van der Waals surface area contributed by atoms with Crippen LogP contribution < -0.4 is 0 Å². The second-order valence-corrected chi connectivity index (χ2v) is 9.89. The molecule has 0 saturated heterocycles. The van der Waals surface area contributed by atoms with E-state index in [1.165, 1.54) is 50.5 Å². The molecule has 138 valence electrons. The SMILES string of the molecule is CC(=O)CC/C=C(/C)CC[C@@H]1[C@H](C)CC[C@@H]2C(C)(C)CCC[C@@]12C. The van der Waals surface area contributed by atoms with Crippen LogP contribution in [0.5, 0.6) is 0 Å². The van der Waals surface area contributed by atoms with Crippen LogP contribution in [0.2, 0.25) is 0 Å². The van der Waals surface area contributed by atoms with E-state index in [1.807, 2.05) is 0 Å². The zero-order valence-corrected chi connectivity index (χ0v) is 17.1. The van der Waals surface area contributed by atoms with Gasteiger partial charge in [0.25, 0.3) is 0 Å². The van der Waals surface area contributed by atoms with Crippen LogP contribution in [0.3, 0.4) is 0 Å². The second kappa shape index (κ2) is 7.75. The minimum absolute atomic E-state index is 0.305. The van der Waals surface area contributed by atoms with E-state index in [9.17, 15) is 4.79 Å². The quantitative estimate of drug-likeness (QED) is 0.480. The molecule has 0 heterocycles. The molecule has 2 saturated carbocycles. The van der Waals surface area contributed by atoms with E-state index in [-0.39, 0.29) is 0 Å². The van der Waals surface area contributed by atoms with Gasteiger partial charge in [-0.3, -0.25) is 0 Å². The summed E-state index contributed by atoms with van der Waals surface area (Å²) in [5, 5.41) is 0. The van der Waals surface area contributed by atoms with E-state index >= 15 is 0 Å². The number of hydrogen-bond acceptors (Lipinski definition) is 1. The first kappa shape index (κ1) is 19.7. The van der Waals surface area contributed by atoms with Gasteiger partial charge in [-0.1, -0.05) is 52.2 Å². The summed E-state index contributed by atoms with van der Waals surface area (Å²) in [6.07, 6.45) is 13.6. The van der Waals surface area contributed by atoms with E-state index in [4.69, 9.17) is 0 Å². The van der Waals surface area contributed by atoms with Gasteiger partial charge in [-0.25, -0.2) is 0 Å². The maximum atomic E-state index is 11.1. The Balaban J connectivity index is 2.03. The fourth-order valence-corrected chi connectivity index (χ4v) is 6.23. The average molecular weight is 333 g/mol. The molecule has 0 aromatic rings. The number of carbonyl (C=O) groups excluding carboxylic acids is 1. The zero-order valence-electron chi connectivity index (χ0n) is 17.1. The van der Waals surface area contributed by atoms with Gasteiger partial charge < -0.3 is 4.79 Å². The Morgan fingerprint density at radius 3 is 2.46 bits per heavy atom. The van der Waals surface area contributed by atoms with E-state index < -0.39 is 0 Å². The van der Waals surface area contributed by atoms with Crippen molar-refractivity contribution in [2.75, 3.05) is 0 Å². The van der Waals surface area contributed by atoms with Crippen LogP contribution in [-0.2, 0) is 4.79 Å². The lowest BCUT2D eigenvalue weighted by Gasteiger charge is -2.59. The maximum Gasteiger partial charge on any atom is 0.130 e. The molecule has 0 N–H and O–H groups in total. The normalized spacial score (nSPS) is 36.2. The average Bonchev–Trinajstić information content (AvgIpc) is 2.45. The summed E-state index contributed by atoms with van der Waals surface area (Å²) in [5.74, 6) is 2.94. The number of carbonyl (C=O) groups is 1. The Bertz CT molecular complexity index is 472. The first-order valence-electron chi connectivity index (χ1n) is 10.3. The lowest BCUT2D eigenvalue weighted by molar-refractivity contribution is -0.116. The van der Waals surface area contributed by atoms with Crippen molar-refractivity contribution < 1.29 is 4.79 Å². The van der Waals surface area contributed by atoms with E-state index in [2.05, 4.69) is 40.7 Å². The number of Topliss-reactive ketones (excluding diaryl/α,β-unsaturated/α-hetero) is 1. The van der Waals surface area contributed by atoms with Gasteiger partial charge in [0.15, 0.2) is 0 Å². The van der Waals surface area contributed by atoms with Crippen molar-refractivity contribution in [1.82, 2.24) is 0 Å². The molecule has 1 nitrogen and oxygen atoms in total. The van der Waals surface area contributed by atoms with Gasteiger partial charge in [-0.15, -0.1) is 0 Å². The van der Waals surface area contributed by atoms with Gasteiger partial charge in [0, 0.05) is 6.42 Å². The number of rotatable bonds is 6. The highest BCUT2D eigenvalue weighted by Crippen LogP contribution is 2.62.